The summed E-state index contributed by atoms with van der Waals surface area (Å²) in [7, 11) is 0. The molecule has 1 aromatic rings. The maximum Gasteiger partial charge on any atom is 0.335 e. The summed E-state index contributed by atoms with van der Waals surface area (Å²) in [5, 5.41) is 8.66. The molecular weight excluding hydrogens is 344 g/mol. The summed E-state index contributed by atoms with van der Waals surface area (Å²) in [6.45, 7) is 3.75. The van der Waals surface area contributed by atoms with Crippen LogP contribution in [0.25, 0.3) is 0 Å². The van der Waals surface area contributed by atoms with Gasteiger partial charge in [0.05, 0.1) is 5.56 Å². The van der Waals surface area contributed by atoms with Gasteiger partial charge in [-0.05, 0) is 25.5 Å². The van der Waals surface area contributed by atoms with Gasteiger partial charge in [0.1, 0.15) is 0 Å². The Labute approximate surface area is 91.8 Å². The number of hydrogen-bond acceptors (Lipinski definition) is 1. The first-order valence-electron chi connectivity index (χ1n) is 3.42. The van der Waals surface area contributed by atoms with E-state index >= 15 is 0 Å². The van der Waals surface area contributed by atoms with Crippen LogP contribution in [0.5, 0.6) is 0 Å². The molecule has 1 rings (SSSR count). The van der Waals surface area contributed by atoms with Gasteiger partial charge in [0.2, 0.25) is 0 Å². The summed E-state index contributed by atoms with van der Waals surface area (Å²) in [6.07, 6.45) is 0. The average molecular weight is 355 g/mol. The zero-order valence-electron chi connectivity index (χ0n) is 7.16. The Kier molecular flexibility index (Phi) is 4.44. The van der Waals surface area contributed by atoms with Crippen molar-refractivity contribution >= 4 is 33.3 Å². The summed E-state index contributed by atoms with van der Waals surface area (Å²) < 4.78 is 0. The fourth-order valence-corrected chi connectivity index (χ4v) is 1.05. The second kappa shape index (κ2) is 4.59. The van der Waals surface area contributed by atoms with Crippen molar-refractivity contribution < 1.29 is 9.90 Å². The third-order valence-electron chi connectivity index (χ3n) is 1.61. The molecule has 0 saturated carbocycles. The van der Waals surface area contributed by atoms with Gasteiger partial charge >= 0.3 is 5.97 Å². The Morgan fingerprint density at radius 1 is 1.33 bits per heavy atom. The molecule has 12 heavy (non-hydrogen) atoms. The van der Waals surface area contributed by atoms with Gasteiger partial charge in [-0.1, -0.05) is 17.7 Å². The molecule has 0 aliphatic heterocycles. The molecule has 0 atom stereocenters. The van der Waals surface area contributed by atoms with Crippen LogP contribution in [0.4, 0.5) is 0 Å². The largest absolute Gasteiger partial charge is 0.478 e. The average Bonchev–Trinajstić information content (AvgIpc) is 1.85. The van der Waals surface area contributed by atoms with Gasteiger partial charge in [0.15, 0.2) is 0 Å². The predicted octanol–water partition coefficient (Wildman–Crippen LogP) is 1.62. The van der Waals surface area contributed by atoms with E-state index in [1.165, 1.54) is 0 Å². The molecule has 0 amide bonds. The van der Waals surface area contributed by atoms with Gasteiger partial charge in [-0.15, -0.1) is 0 Å². The van der Waals surface area contributed by atoms with E-state index in [0.29, 0.717) is 5.56 Å². The summed E-state index contributed by atoms with van der Waals surface area (Å²) >= 11 is 0. The zero-order chi connectivity index (χ0) is 8.43. The fourth-order valence-electron chi connectivity index (χ4n) is 1.05. The van der Waals surface area contributed by atoms with E-state index in [4.69, 9.17) is 5.11 Å². The van der Waals surface area contributed by atoms with E-state index in [2.05, 4.69) is 0 Å². The summed E-state index contributed by atoms with van der Waals surface area (Å²) in [6, 6.07) is 5.30. The van der Waals surface area contributed by atoms with Crippen molar-refractivity contribution in [2.45, 2.75) is 13.8 Å². The minimum absolute atomic E-state index is 0. The SMILES string of the molecule is Cc1ccc(C(=O)O)c(C)c1.[Tl]. The number of benzene rings is 1. The number of carbonyl (C=O) groups is 1. The van der Waals surface area contributed by atoms with Crippen molar-refractivity contribution in [2.75, 3.05) is 0 Å². The van der Waals surface area contributed by atoms with Gasteiger partial charge in [-0.2, -0.15) is 0 Å². The summed E-state index contributed by atoms with van der Waals surface area (Å²) in [5.41, 5.74) is 2.29. The number of aromatic carboxylic acids is 1. The maximum absolute atomic E-state index is 10.5. The molecule has 3 heteroatoms. The molecule has 2 nitrogen and oxygen atoms in total. The Hall–Kier alpha value is -0.388. The predicted molar refractivity (Wildman–Crippen MR) is 48.6 cm³/mol. The monoisotopic (exact) mass is 355 g/mol. The molecule has 1 N–H and O–H groups in total. The second-order valence-corrected chi connectivity index (χ2v) is 2.62. The van der Waals surface area contributed by atoms with E-state index in [-0.39, 0.29) is 27.3 Å². The van der Waals surface area contributed by atoms with Crippen LogP contribution in [0.1, 0.15) is 21.5 Å². The van der Waals surface area contributed by atoms with Crippen LogP contribution in [0, 0.1) is 13.8 Å². The normalized spacial score (nSPS) is 8.83. The molecular formula is C9H10O2Tl. The Bertz CT molecular complexity index is 295. The van der Waals surface area contributed by atoms with Crippen LogP contribution in [0.3, 0.4) is 0 Å². The van der Waals surface area contributed by atoms with Crippen molar-refractivity contribution in [3.05, 3.63) is 34.9 Å². The topological polar surface area (TPSA) is 37.3 Å². The van der Waals surface area contributed by atoms with Crippen LogP contribution in [0.15, 0.2) is 18.2 Å². The van der Waals surface area contributed by atoms with Crippen LogP contribution < -0.4 is 0 Å². The number of hydrogen-bond donors (Lipinski definition) is 1. The van der Waals surface area contributed by atoms with Crippen molar-refractivity contribution in [1.82, 2.24) is 0 Å². The number of carboxylic acid groups (broad SMARTS) is 1. The fraction of sp³-hybridized carbons (Fsp3) is 0.222. The molecule has 0 fully saturated rings. The van der Waals surface area contributed by atoms with E-state index in [9.17, 15) is 4.79 Å². The minimum atomic E-state index is -0.859. The quantitative estimate of drug-likeness (QED) is 0.778. The molecule has 0 spiro atoms. The zero-order valence-corrected chi connectivity index (χ0v) is 11.7. The molecule has 1 radical (unpaired) electrons. The summed E-state index contributed by atoms with van der Waals surface area (Å²) in [4.78, 5) is 10.5. The van der Waals surface area contributed by atoms with Crippen molar-refractivity contribution in [3.8, 4) is 0 Å². The third-order valence-corrected chi connectivity index (χ3v) is 1.61. The van der Waals surface area contributed by atoms with Gasteiger partial charge in [-0.25, -0.2) is 4.79 Å². The first-order valence-corrected chi connectivity index (χ1v) is 3.42. The standard InChI is InChI=1S/C9H10O2.Tl/c1-6-3-4-8(9(10)11)7(2)5-6;/h3-5H,1-2H3,(H,10,11);. The molecule has 0 unspecified atom stereocenters. The van der Waals surface area contributed by atoms with Crippen LogP contribution in [-0.2, 0) is 0 Å². The number of aryl methyl sites for hydroxylation is 2. The van der Waals surface area contributed by atoms with Gasteiger partial charge in [-0.3, -0.25) is 0 Å². The van der Waals surface area contributed by atoms with E-state index in [1.807, 2.05) is 13.0 Å². The van der Waals surface area contributed by atoms with Crippen molar-refractivity contribution in [3.63, 3.8) is 0 Å². The van der Waals surface area contributed by atoms with Gasteiger partial charge in [0.25, 0.3) is 0 Å². The third kappa shape index (κ3) is 2.58. The summed E-state index contributed by atoms with van der Waals surface area (Å²) in [5.74, 6) is -0.859. The van der Waals surface area contributed by atoms with Gasteiger partial charge < -0.3 is 5.11 Å². The van der Waals surface area contributed by atoms with E-state index in [0.717, 1.165) is 11.1 Å². The van der Waals surface area contributed by atoms with Crippen molar-refractivity contribution in [1.29, 1.82) is 0 Å². The first-order chi connectivity index (χ1) is 5.11. The maximum atomic E-state index is 10.5. The van der Waals surface area contributed by atoms with Gasteiger partial charge in [0, 0.05) is 27.3 Å². The number of rotatable bonds is 1. The van der Waals surface area contributed by atoms with Crippen molar-refractivity contribution in [2.24, 2.45) is 0 Å². The Morgan fingerprint density at radius 3 is 2.33 bits per heavy atom. The molecule has 0 aliphatic rings. The molecule has 0 bridgehead atoms. The Balaban J connectivity index is 0.00000121. The molecule has 61 valence electrons. The van der Waals surface area contributed by atoms with E-state index < -0.39 is 5.97 Å². The smallest absolute Gasteiger partial charge is 0.335 e. The molecule has 0 aromatic heterocycles. The molecule has 0 heterocycles. The van der Waals surface area contributed by atoms with Crippen LogP contribution in [-0.4, -0.2) is 38.4 Å². The first kappa shape index (κ1) is 11.6. The Morgan fingerprint density at radius 2 is 1.92 bits per heavy atom. The second-order valence-electron chi connectivity index (χ2n) is 2.62. The molecule has 1 aromatic carbocycles. The molecule has 0 saturated heterocycles. The minimum Gasteiger partial charge on any atom is -0.478 e. The van der Waals surface area contributed by atoms with Crippen LogP contribution >= 0.6 is 0 Å². The number of carboxylic acids is 1. The molecule has 0 aliphatic carbocycles. The van der Waals surface area contributed by atoms with Crippen LogP contribution in [0.2, 0.25) is 0 Å². The van der Waals surface area contributed by atoms with E-state index in [1.54, 1.807) is 19.1 Å².